The number of methoxy groups -OCH3 is 1. The number of rotatable bonds is 15. The molecule has 0 radical (unpaired) electrons. The van der Waals surface area contributed by atoms with E-state index in [1.165, 1.54) is 11.1 Å². The highest BCUT2D eigenvalue weighted by molar-refractivity contribution is 6.78. The summed E-state index contributed by atoms with van der Waals surface area (Å²) in [6.45, 7) is 30.1. The van der Waals surface area contributed by atoms with E-state index in [1.54, 1.807) is 44.9 Å². The average molecular weight is 948 g/mol. The third-order valence-electron chi connectivity index (χ3n) is 13.8. The van der Waals surface area contributed by atoms with Crippen LogP contribution in [0.5, 0.6) is 11.5 Å². The molecule has 1 atom stereocenters. The molecule has 6 rings (SSSR count). The smallest absolute Gasteiger partial charge is 0.412 e. The Hall–Kier alpha value is -5.38. The summed E-state index contributed by atoms with van der Waals surface area (Å²) < 4.78 is 31.4. The fourth-order valence-corrected chi connectivity index (χ4v) is 15.7. The lowest BCUT2D eigenvalue weighted by Gasteiger charge is -2.42. The number of anilines is 2. The molecule has 0 saturated carbocycles. The van der Waals surface area contributed by atoms with E-state index in [0.717, 1.165) is 22.3 Å². The number of nitrogens with one attached hydrogen (secondary N) is 2. The van der Waals surface area contributed by atoms with Crippen LogP contribution in [0.1, 0.15) is 122 Å². The van der Waals surface area contributed by atoms with E-state index in [-0.39, 0.29) is 57.4 Å². The minimum absolute atomic E-state index is 0.0497. The maximum Gasteiger partial charge on any atom is 0.412 e. The molecule has 0 spiro atoms. The number of carbonyl (C=O) groups is 3. The zero-order valence-corrected chi connectivity index (χ0v) is 44.4. The van der Waals surface area contributed by atoms with Crippen LogP contribution in [0.15, 0.2) is 91.1 Å². The highest BCUT2D eigenvalue weighted by atomic mass is 28.4. The van der Waals surface area contributed by atoms with Crippen LogP contribution in [0.3, 0.4) is 0 Å². The standard InChI is InChI=1S/C54H73N3O8Si2/c1-34(2)67(35(3)4,36(5)6)65-49-30-47(56-52(60)64-53(7,8)9)45(29-48(49)61-13)50(58)57-31-38(28-40(57)32-63-66(14,15)54(10,11)12)37-24-26-39(27-25-37)55-51(59)62-33-46-43-22-18-16-20-41(43)42-21-17-19-23-44(42)46/h16-27,29-31,34-36,40,46H,28,32-33H2,1-15H3,(H,55,59)(H,56,60)/t40-/m0/s1. The average Bonchev–Trinajstić information content (AvgIpc) is 3.82. The van der Waals surface area contributed by atoms with Gasteiger partial charge in [-0.25, -0.2) is 9.59 Å². The van der Waals surface area contributed by atoms with Crippen LogP contribution in [0.2, 0.25) is 34.8 Å². The van der Waals surface area contributed by atoms with Crippen LogP contribution in [-0.4, -0.2) is 71.6 Å². The normalized spacial score (nSPS) is 15.3. The van der Waals surface area contributed by atoms with Gasteiger partial charge in [-0.1, -0.05) is 123 Å². The molecule has 0 fully saturated rings. The summed E-state index contributed by atoms with van der Waals surface area (Å²) in [5.41, 5.74) is 7.48. The van der Waals surface area contributed by atoms with E-state index < -0.39 is 34.4 Å². The molecule has 1 aliphatic carbocycles. The molecule has 2 aliphatic rings. The van der Waals surface area contributed by atoms with E-state index in [4.69, 9.17) is 23.1 Å². The second-order valence-electron chi connectivity index (χ2n) is 21.4. The first-order valence-electron chi connectivity index (χ1n) is 23.7. The summed E-state index contributed by atoms with van der Waals surface area (Å²) in [6, 6.07) is 27.1. The molecule has 3 amide bonds. The molecule has 11 nitrogen and oxygen atoms in total. The molecular weight excluding hydrogens is 875 g/mol. The number of amides is 3. The number of hydrogen-bond donors (Lipinski definition) is 2. The Bertz CT molecular complexity index is 2400. The predicted octanol–water partition coefficient (Wildman–Crippen LogP) is 14.2. The van der Waals surface area contributed by atoms with Crippen molar-refractivity contribution in [2.75, 3.05) is 31.0 Å². The summed E-state index contributed by atoms with van der Waals surface area (Å²) in [6.07, 6.45) is 1.15. The second kappa shape index (κ2) is 20.1. The third-order valence-corrected chi connectivity index (χ3v) is 24.3. The van der Waals surface area contributed by atoms with Crippen molar-refractivity contribution in [1.82, 2.24) is 4.90 Å². The lowest BCUT2D eigenvalue weighted by molar-refractivity contribution is 0.0635. The summed E-state index contributed by atoms with van der Waals surface area (Å²) in [5.74, 6) is 0.471. The van der Waals surface area contributed by atoms with Crippen LogP contribution in [0, 0.1) is 0 Å². The van der Waals surface area contributed by atoms with Crippen molar-refractivity contribution in [3.05, 3.63) is 113 Å². The Morgan fingerprint density at radius 3 is 1.82 bits per heavy atom. The van der Waals surface area contributed by atoms with Gasteiger partial charge in [0, 0.05) is 23.9 Å². The van der Waals surface area contributed by atoms with E-state index in [1.807, 2.05) is 54.7 Å². The molecule has 0 unspecified atom stereocenters. The summed E-state index contributed by atoms with van der Waals surface area (Å²) in [5, 5.41) is 5.75. The van der Waals surface area contributed by atoms with Crippen molar-refractivity contribution >= 4 is 51.7 Å². The van der Waals surface area contributed by atoms with Crippen LogP contribution in [0.4, 0.5) is 21.0 Å². The summed E-state index contributed by atoms with van der Waals surface area (Å²) in [7, 11) is -3.18. The lowest BCUT2D eigenvalue weighted by atomic mass is 9.98. The largest absolute Gasteiger partial charge is 0.540 e. The number of nitrogens with zero attached hydrogens (tertiary/aromatic N) is 1. The first kappa shape index (κ1) is 51.0. The van der Waals surface area contributed by atoms with E-state index in [9.17, 15) is 9.59 Å². The van der Waals surface area contributed by atoms with Gasteiger partial charge in [0.1, 0.15) is 18.0 Å². The van der Waals surface area contributed by atoms with Crippen molar-refractivity contribution in [2.24, 2.45) is 0 Å². The number of carbonyl (C=O) groups excluding carboxylic acids is 3. The minimum atomic E-state index is -2.51. The zero-order chi connectivity index (χ0) is 49.2. The second-order valence-corrected chi connectivity index (χ2v) is 31.6. The Morgan fingerprint density at radius 1 is 0.731 bits per heavy atom. The molecule has 4 aromatic rings. The Labute approximate surface area is 401 Å². The van der Waals surface area contributed by atoms with Gasteiger partial charge in [-0.3, -0.25) is 15.4 Å². The van der Waals surface area contributed by atoms with Crippen molar-refractivity contribution < 1.29 is 37.4 Å². The third kappa shape index (κ3) is 11.2. The first-order valence-corrected chi connectivity index (χ1v) is 28.7. The van der Waals surface area contributed by atoms with E-state index in [0.29, 0.717) is 30.2 Å². The van der Waals surface area contributed by atoms with Crippen LogP contribution >= 0.6 is 0 Å². The summed E-state index contributed by atoms with van der Waals surface area (Å²) in [4.78, 5) is 43.6. The van der Waals surface area contributed by atoms with Crippen LogP contribution in [-0.2, 0) is 13.9 Å². The topological polar surface area (TPSA) is 125 Å². The first-order chi connectivity index (χ1) is 31.4. The predicted molar refractivity (Wildman–Crippen MR) is 275 cm³/mol. The van der Waals surface area contributed by atoms with Gasteiger partial charge in [-0.05, 0) is 114 Å². The molecule has 0 bridgehead atoms. The SMILES string of the molecule is COc1cc(C(=O)N2C=C(c3ccc(NC(=O)OCC4c5ccccc5-c5ccccc54)cc3)C[C@H]2CO[Si](C)(C)C(C)(C)C)c(NC(=O)OC(C)(C)C)cc1O[Si](C(C)C)(C(C)C)C(C)C. The monoisotopic (exact) mass is 947 g/mol. The van der Waals surface area contributed by atoms with Gasteiger partial charge in [0.2, 0.25) is 0 Å². The molecule has 0 aromatic heterocycles. The van der Waals surface area contributed by atoms with Gasteiger partial charge in [-0.2, -0.15) is 0 Å². The molecule has 13 heteroatoms. The van der Waals surface area contributed by atoms with Gasteiger partial charge in [-0.15, -0.1) is 0 Å². The van der Waals surface area contributed by atoms with Gasteiger partial charge in [0.05, 0.1) is 31.0 Å². The van der Waals surface area contributed by atoms with Crippen molar-refractivity contribution in [3.8, 4) is 22.6 Å². The van der Waals surface area contributed by atoms with E-state index >= 15 is 4.79 Å². The number of fused-ring (bicyclic) bond motifs is 3. The maximum absolute atomic E-state index is 15.2. The van der Waals surface area contributed by atoms with E-state index in [2.05, 4.69) is 110 Å². The molecule has 2 N–H and O–H groups in total. The fraction of sp³-hybridized carbons (Fsp3) is 0.463. The van der Waals surface area contributed by atoms with Gasteiger partial charge < -0.3 is 28.0 Å². The molecule has 360 valence electrons. The van der Waals surface area contributed by atoms with Gasteiger partial charge >= 0.3 is 12.2 Å². The highest BCUT2D eigenvalue weighted by Gasteiger charge is 2.48. The number of ether oxygens (including phenoxy) is 3. The Kier molecular flexibility index (Phi) is 15.3. The number of hydrogen-bond acceptors (Lipinski definition) is 8. The number of benzene rings is 4. The molecule has 0 saturated heterocycles. The lowest BCUT2D eigenvalue weighted by Crippen LogP contribution is -2.50. The van der Waals surface area contributed by atoms with Gasteiger partial charge in [0.15, 0.2) is 14.1 Å². The van der Waals surface area contributed by atoms with Crippen molar-refractivity contribution in [1.29, 1.82) is 0 Å². The Balaban J connectivity index is 1.30. The van der Waals surface area contributed by atoms with Crippen LogP contribution in [0.25, 0.3) is 16.7 Å². The Morgan fingerprint density at radius 2 is 1.30 bits per heavy atom. The maximum atomic E-state index is 15.2. The molecule has 67 heavy (non-hydrogen) atoms. The zero-order valence-electron chi connectivity index (χ0n) is 42.4. The molecule has 4 aromatic carbocycles. The highest BCUT2D eigenvalue weighted by Crippen LogP contribution is 2.48. The molecular formula is C54H73N3O8Si2. The van der Waals surface area contributed by atoms with Crippen molar-refractivity contribution in [3.63, 3.8) is 0 Å². The van der Waals surface area contributed by atoms with Crippen LogP contribution < -0.4 is 19.8 Å². The minimum Gasteiger partial charge on any atom is -0.540 e. The summed E-state index contributed by atoms with van der Waals surface area (Å²) >= 11 is 0. The molecule has 1 heterocycles. The molecule has 1 aliphatic heterocycles. The van der Waals surface area contributed by atoms with Crippen molar-refractivity contribution in [2.45, 2.75) is 142 Å². The quantitative estimate of drug-likeness (QED) is 0.113. The van der Waals surface area contributed by atoms with Gasteiger partial charge in [0.25, 0.3) is 14.2 Å². The fourth-order valence-electron chi connectivity index (χ4n) is 9.45.